The topological polar surface area (TPSA) is 57.8 Å². The molecule has 0 saturated carbocycles. The lowest BCUT2D eigenvalue weighted by atomic mass is 10.0. The first kappa shape index (κ1) is 22.9. The highest BCUT2D eigenvalue weighted by molar-refractivity contribution is 8.00. The van der Waals surface area contributed by atoms with Gasteiger partial charge in [-0.05, 0) is 51.8 Å². The summed E-state index contributed by atoms with van der Waals surface area (Å²) >= 11 is 1.43. The molecule has 0 fully saturated rings. The number of nitrogens with zero attached hydrogens (tertiary/aromatic N) is 1. The zero-order valence-electron chi connectivity index (χ0n) is 19.7. The smallest absolute Gasteiger partial charge is 0.237 e. The SMILES string of the molecule is Cc1ccc(-c2nc(SC(C)C(=O)Nc3cc(C)ccc3C)[nH]c2-c2ccc(C)cc2)cc1. The first-order chi connectivity index (χ1) is 15.8. The van der Waals surface area contributed by atoms with Gasteiger partial charge in [-0.1, -0.05) is 83.6 Å². The maximum absolute atomic E-state index is 12.9. The van der Waals surface area contributed by atoms with Gasteiger partial charge >= 0.3 is 0 Å². The minimum absolute atomic E-state index is 0.0427. The van der Waals surface area contributed by atoms with Gasteiger partial charge < -0.3 is 10.3 Å². The van der Waals surface area contributed by atoms with Crippen molar-refractivity contribution in [3.63, 3.8) is 0 Å². The van der Waals surface area contributed by atoms with Crippen LogP contribution in [0.2, 0.25) is 0 Å². The predicted octanol–water partition coefficient (Wildman–Crippen LogP) is 7.10. The molecule has 1 atom stereocenters. The van der Waals surface area contributed by atoms with Crippen molar-refractivity contribution in [1.29, 1.82) is 0 Å². The average molecular weight is 456 g/mol. The summed E-state index contributed by atoms with van der Waals surface area (Å²) in [5.74, 6) is -0.0427. The van der Waals surface area contributed by atoms with Gasteiger partial charge in [-0.2, -0.15) is 0 Å². The Morgan fingerprint density at radius 1 is 0.848 bits per heavy atom. The van der Waals surface area contributed by atoms with Crippen molar-refractivity contribution >= 4 is 23.4 Å². The molecule has 1 amide bonds. The fourth-order valence-electron chi connectivity index (χ4n) is 3.58. The maximum Gasteiger partial charge on any atom is 0.237 e. The number of aromatic amines is 1. The summed E-state index contributed by atoms with van der Waals surface area (Å²) in [5, 5.41) is 3.48. The Morgan fingerprint density at radius 3 is 2.06 bits per heavy atom. The zero-order valence-corrected chi connectivity index (χ0v) is 20.5. The van der Waals surface area contributed by atoms with Crippen molar-refractivity contribution in [2.24, 2.45) is 0 Å². The molecule has 5 heteroatoms. The lowest BCUT2D eigenvalue weighted by Crippen LogP contribution is -2.23. The van der Waals surface area contributed by atoms with Gasteiger partial charge in [0.15, 0.2) is 5.16 Å². The summed E-state index contributed by atoms with van der Waals surface area (Å²) in [7, 11) is 0. The van der Waals surface area contributed by atoms with Crippen molar-refractivity contribution in [3.8, 4) is 22.5 Å². The third kappa shape index (κ3) is 5.37. The molecule has 168 valence electrons. The van der Waals surface area contributed by atoms with Crippen molar-refractivity contribution in [3.05, 3.63) is 89.0 Å². The van der Waals surface area contributed by atoms with Crippen LogP contribution < -0.4 is 5.32 Å². The number of amides is 1. The van der Waals surface area contributed by atoms with E-state index in [1.54, 1.807) is 0 Å². The summed E-state index contributed by atoms with van der Waals surface area (Å²) in [6, 6.07) is 22.8. The van der Waals surface area contributed by atoms with Crippen molar-refractivity contribution in [2.75, 3.05) is 5.32 Å². The predicted molar refractivity (Wildman–Crippen MR) is 139 cm³/mol. The van der Waals surface area contributed by atoms with E-state index < -0.39 is 0 Å². The quantitative estimate of drug-likeness (QED) is 0.305. The van der Waals surface area contributed by atoms with E-state index in [9.17, 15) is 4.79 Å². The number of carbonyl (C=O) groups excluding carboxylic acids is 1. The Bertz CT molecular complexity index is 1210. The number of H-pyrrole nitrogens is 1. The summed E-state index contributed by atoms with van der Waals surface area (Å²) in [6.45, 7) is 10.1. The highest BCUT2D eigenvalue weighted by Gasteiger charge is 2.20. The van der Waals surface area contributed by atoms with E-state index in [4.69, 9.17) is 4.98 Å². The van der Waals surface area contributed by atoms with Crippen LogP contribution in [-0.4, -0.2) is 21.1 Å². The number of anilines is 1. The molecule has 1 unspecified atom stereocenters. The van der Waals surface area contributed by atoms with Gasteiger partial charge in [0.2, 0.25) is 5.91 Å². The first-order valence-corrected chi connectivity index (χ1v) is 12.0. The van der Waals surface area contributed by atoms with Crippen LogP contribution in [0.4, 0.5) is 5.69 Å². The molecule has 0 spiro atoms. The number of hydrogen-bond donors (Lipinski definition) is 2. The molecule has 0 saturated heterocycles. The van der Waals surface area contributed by atoms with E-state index in [0.29, 0.717) is 0 Å². The Hall–Kier alpha value is -3.31. The summed E-state index contributed by atoms with van der Waals surface area (Å²) in [5.41, 5.74) is 9.41. The number of aryl methyl sites for hydroxylation is 4. The second kappa shape index (κ2) is 9.67. The molecular formula is C28H29N3OS. The fraction of sp³-hybridized carbons (Fsp3) is 0.214. The van der Waals surface area contributed by atoms with E-state index in [1.807, 2.05) is 39.0 Å². The molecule has 0 aliphatic rings. The number of aromatic nitrogens is 2. The number of carbonyl (C=O) groups is 1. The van der Waals surface area contributed by atoms with Crippen molar-refractivity contribution in [2.45, 2.75) is 45.0 Å². The standard InChI is InChI=1S/C28H29N3OS/c1-17-7-12-22(13-8-17)25-26(23-14-9-18(2)10-15-23)31-28(30-25)33-21(5)27(32)29-24-16-19(3)6-11-20(24)4/h6-16,21H,1-5H3,(H,29,32)(H,30,31). The Labute approximate surface area is 199 Å². The van der Waals surface area contributed by atoms with Gasteiger partial charge in [0.1, 0.15) is 0 Å². The van der Waals surface area contributed by atoms with Crippen LogP contribution >= 0.6 is 11.8 Å². The van der Waals surface area contributed by atoms with Gasteiger partial charge in [0.05, 0.1) is 16.6 Å². The third-order valence-corrected chi connectivity index (χ3v) is 6.64. The molecule has 2 N–H and O–H groups in total. The number of imidazole rings is 1. The lowest BCUT2D eigenvalue weighted by molar-refractivity contribution is -0.115. The van der Waals surface area contributed by atoms with Gasteiger partial charge in [0.25, 0.3) is 0 Å². The summed E-state index contributed by atoms with van der Waals surface area (Å²) in [4.78, 5) is 21.3. The molecule has 4 aromatic rings. The van der Waals surface area contributed by atoms with Gasteiger partial charge in [0, 0.05) is 16.8 Å². The molecule has 0 aliphatic carbocycles. The number of hydrogen-bond acceptors (Lipinski definition) is 3. The van der Waals surface area contributed by atoms with Crippen LogP contribution in [0.3, 0.4) is 0 Å². The van der Waals surface area contributed by atoms with E-state index in [1.165, 1.54) is 22.9 Å². The maximum atomic E-state index is 12.9. The van der Waals surface area contributed by atoms with Gasteiger partial charge in [-0.15, -0.1) is 0 Å². The highest BCUT2D eigenvalue weighted by Crippen LogP contribution is 2.34. The molecule has 0 aliphatic heterocycles. The molecule has 33 heavy (non-hydrogen) atoms. The first-order valence-electron chi connectivity index (χ1n) is 11.1. The summed E-state index contributed by atoms with van der Waals surface area (Å²) < 4.78 is 0. The minimum atomic E-state index is -0.312. The molecule has 1 aromatic heterocycles. The molecular weight excluding hydrogens is 426 g/mol. The zero-order chi connectivity index (χ0) is 23.5. The number of thioether (sulfide) groups is 1. The Balaban J connectivity index is 1.61. The van der Waals surface area contributed by atoms with Gasteiger partial charge in [-0.25, -0.2) is 4.98 Å². The van der Waals surface area contributed by atoms with E-state index in [0.717, 1.165) is 44.5 Å². The van der Waals surface area contributed by atoms with Crippen molar-refractivity contribution in [1.82, 2.24) is 9.97 Å². The second-order valence-electron chi connectivity index (χ2n) is 8.57. The largest absolute Gasteiger partial charge is 0.332 e. The molecule has 0 radical (unpaired) electrons. The van der Waals surface area contributed by atoms with Crippen LogP contribution in [0, 0.1) is 27.7 Å². The van der Waals surface area contributed by atoms with Crippen molar-refractivity contribution < 1.29 is 4.79 Å². The third-order valence-electron chi connectivity index (χ3n) is 5.66. The monoisotopic (exact) mass is 455 g/mol. The second-order valence-corrected chi connectivity index (χ2v) is 9.89. The molecule has 0 bridgehead atoms. The van der Waals surface area contributed by atoms with Gasteiger partial charge in [-0.3, -0.25) is 4.79 Å². The number of rotatable bonds is 6. The molecule has 1 heterocycles. The lowest BCUT2D eigenvalue weighted by Gasteiger charge is -2.13. The van der Waals surface area contributed by atoms with Crippen LogP contribution in [0.15, 0.2) is 71.9 Å². The Kier molecular flexibility index (Phi) is 6.70. The van der Waals surface area contributed by atoms with Crippen LogP contribution in [0.25, 0.3) is 22.5 Å². The molecule has 4 rings (SSSR count). The van der Waals surface area contributed by atoms with E-state index >= 15 is 0 Å². The molecule has 4 nitrogen and oxygen atoms in total. The summed E-state index contributed by atoms with van der Waals surface area (Å²) in [6.07, 6.45) is 0. The fourth-order valence-corrected chi connectivity index (χ4v) is 4.39. The normalized spacial score (nSPS) is 11.9. The number of benzene rings is 3. The van der Waals surface area contributed by atoms with E-state index in [-0.39, 0.29) is 11.2 Å². The average Bonchev–Trinajstić information content (AvgIpc) is 3.21. The van der Waals surface area contributed by atoms with Crippen LogP contribution in [0.1, 0.15) is 29.2 Å². The minimum Gasteiger partial charge on any atom is -0.332 e. The Morgan fingerprint density at radius 2 is 1.42 bits per heavy atom. The number of nitrogens with one attached hydrogen (secondary N) is 2. The molecule has 3 aromatic carbocycles. The van der Waals surface area contributed by atoms with Crippen LogP contribution in [-0.2, 0) is 4.79 Å². The highest BCUT2D eigenvalue weighted by atomic mass is 32.2. The van der Waals surface area contributed by atoms with Crippen LogP contribution in [0.5, 0.6) is 0 Å². The van der Waals surface area contributed by atoms with E-state index in [2.05, 4.69) is 72.7 Å².